The Hall–Kier alpha value is -2.24. The number of ether oxygens (including phenoxy) is 2. The first-order chi connectivity index (χ1) is 11.1. The molecule has 23 heavy (non-hydrogen) atoms. The molecule has 1 saturated heterocycles. The van der Waals surface area contributed by atoms with Crippen LogP contribution >= 0.6 is 0 Å². The van der Waals surface area contributed by atoms with Crippen molar-refractivity contribution >= 4 is 11.9 Å². The number of amides is 1. The minimum atomic E-state index is -0.910. The van der Waals surface area contributed by atoms with Crippen molar-refractivity contribution in [2.75, 3.05) is 20.8 Å². The van der Waals surface area contributed by atoms with Crippen molar-refractivity contribution in [1.29, 1.82) is 0 Å². The molecule has 1 aromatic carbocycles. The van der Waals surface area contributed by atoms with Crippen LogP contribution in [0.4, 0.5) is 0 Å². The molecular weight excluding hydrogens is 298 g/mol. The second kappa shape index (κ2) is 7.85. The van der Waals surface area contributed by atoms with Crippen molar-refractivity contribution in [3.63, 3.8) is 0 Å². The molecule has 6 nitrogen and oxygen atoms in total. The molecule has 1 fully saturated rings. The smallest absolute Gasteiger partial charge is 0.326 e. The SMILES string of the molecule is COc1ccc(CCCC(=O)N2CCC[C@@H]2C(=O)O)c(OC)c1. The van der Waals surface area contributed by atoms with Gasteiger partial charge in [-0.1, -0.05) is 6.07 Å². The van der Waals surface area contributed by atoms with Crippen LogP contribution in [-0.4, -0.2) is 48.7 Å². The van der Waals surface area contributed by atoms with E-state index in [0.717, 1.165) is 23.5 Å². The fourth-order valence-electron chi connectivity index (χ4n) is 2.95. The Kier molecular flexibility index (Phi) is 5.84. The Morgan fingerprint density at radius 1 is 1.30 bits per heavy atom. The summed E-state index contributed by atoms with van der Waals surface area (Å²) in [4.78, 5) is 24.8. The summed E-state index contributed by atoms with van der Waals surface area (Å²) in [6.07, 6.45) is 3.01. The van der Waals surface area contributed by atoms with Gasteiger partial charge in [-0.05, 0) is 37.3 Å². The summed E-state index contributed by atoms with van der Waals surface area (Å²) in [5, 5.41) is 9.13. The number of hydrogen-bond donors (Lipinski definition) is 1. The van der Waals surface area contributed by atoms with Crippen molar-refractivity contribution in [3.05, 3.63) is 23.8 Å². The van der Waals surface area contributed by atoms with E-state index in [0.29, 0.717) is 32.2 Å². The number of rotatable bonds is 7. The number of methoxy groups -OCH3 is 2. The lowest BCUT2D eigenvalue weighted by molar-refractivity contribution is -0.148. The number of hydrogen-bond acceptors (Lipinski definition) is 4. The maximum absolute atomic E-state index is 12.2. The average molecular weight is 321 g/mol. The van der Waals surface area contributed by atoms with Gasteiger partial charge in [-0.15, -0.1) is 0 Å². The first kappa shape index (κ1) is 17.1. The van der Waals surface area contributed by atoms with Crippen LogP contribution in [0.1, 0.15) is 31.2 Å². The molecule has 1 aliphatic rings. The molecule has 1 aromatic rings. The highest BCUT2D eigenvalue weighted by atomic mass is 16.5. The Morgan fingerprint density at radius 2 is 2.09 bits per heavy atom. The van der Waals surface area contributed by atoms with Crippen molar-refractivity contribution in [1.82, 2.24) is 4.90 Å². The van der Waals surface area contributed by atoms with Crippen LogP contribution in [0.3, 0.4) is 0 Å². The van der Waals surface area contributed by atoms with Crippen LogP contribution in [0, 0.1) is 0 Å². The lowest BCUT2D eigenvalue weighted by atomic mass is 10.1. The Morgan fingerprint density at radius 3 is 2.74 bits per heavy atom. The van der Waals surface area contributed by atoms with E-state index in [1.165, 1.54) is 4.90 Å². The maximum atomic E-state index is 12.2. The molecule has 1 heterocycles. The van der Waals surface area contributed by atoms with Gasteiger partial charge >= 0.3 is 5.97 Å². The molecule has 1 atom stereocenters. The topological polar surface area (TPSA) is 76.1 Å². The number of aryl methyl sites for hydroxylation is 1. The van der Waals surface area contributed by atoms with E-state index in [-0.39, 0.29) is 5.91 Å². The summed E-state index contributed by atoms with van der Waals surface area (Å²) in [5.74, 6) is 0.472. The number of benzene rings is 1. The fraction of sp³-hybridized carbons (Fsp3) is 0.529. The molecule has 0 unspecified atom stereocenters. The van der Waals surface area contributed by atoms with E-state index in [1.807, 2.05) is 18.2 Å². The lowest BCUT2D eigenvalue weighted by Crippen LogP contribution is -2.40. The van der Waals surface area contributed by atoms with Crippen LogP contribution in [0.2, 0.25) is 0 Å². The number of likely N-dealkylation sites (tertiary alicyclic amines) is 1. The van der Waals surface area contributed by atoms with Crippen LogP contribution in [0.15, 0.2) is 18.2 Å². The van der Waals surface area contributed by atoms with Gasteiger partial charge in [0.25, 0.3) is 0 Å². The highest BCUT2D eigenvalue weighted by Gasteiger charge is 2.33. The average Bonchev–Trinajstić information content (AvgIpc) is 3.05. The predicted octanol–water partition coefficient (Wildman–Crippen LogP) is 2.10. The number of carboxylic acid groups (broad SMARTS) is 1. The van der Waals surface area contributed by atoms with E-state index in [4.69, 9.17) is 14.6 Å². The number of carbonyl (C=O) groups is 2. The standard InChI is InChI=1S/C17H23NO5/c1-22-13-9-8-12(15(11-13)23-2)5-3-7-16(19)18-10-4-6-14(18)17(20)21/h8-9,11,14H,3-7,10H2,1-2H3,(H,20,21)/t14-/m1/s1. The zero-order chi connectivity index (χ0) is 16.8. The summed E-state index contributed by atoms with van der Waals surface area (Å²) in [7, 11) is 3.20. The van der Waals surface area contributed by atoms with E-state index in [1.54, 1.807) is 14.2 Å². The number of carboxylic acids is 1. The molecule has 1 aliphatic heterocycles. The molecule has 1 N–H and O–H groups in total. The molecule has 0 radical (unpaired) electrons. The molecule has 0 spiro atoms. The van der Waals surface area contributed by atoms with Gasteiger partial charge in [-0.2, -0.15) is 0 Å². The molecule has 1 amide bonds. The quantitative estimate of drug-likeness (QED) is 0.832. The van der Waals surface area contributed by atoms with Gasteiger partial charge in [-0.25, -0.2) is 4.79 Å². The van der Waals surface area contributed by atoms with E-state index in [9.17, 15) is 9.59 Å². The highest BCUT2D eigenvalue weighted by molar-refractivity contribution is 5.84. The number of aliphatic carboxylic acids is 1. The Labute approximate surface area is 136 Å². The highest BCUT2D eigenvalue weighted by Crippen LogP contribution is 2.26. The lowest BCUT2D eigenvalue weighted by Gasteiger charge is -2.21. The third-order valence-electron chi connectivity index (χ3n) is 4.19. The molecule has 0 aromatic heterocycles. The third-order valence-corrected chi connectivity index (χ3v) is 4.19. The fourth-order valence-corrected chi connectivity index (χ4v) is 2.95. The van der Waals surface area contributed by atoms with Crippen LogP contribution in [0.25, 0.3) is 0 Å². The molecule has 6 heteroatoms. The molecule has 2 rings (SSSR count). The van der Waals surface area contributed by atoms with Crippen LogP contribution in [0.5, 0.6) is 11.5 Å². The summed E-state index contributed by atoms with van der Waals surface area (Å²) in [6.45, 7) is 0.543. The van der Waals surface area contributed by atoms with Gasteiger partial charge in [0, 0.05) is 19.0 Å². The third kappa shape index (κ3) is 4.15. The minimum Gasteiger partial charge on any atom is -0.497 e. The second-order valence-electron chi connectivity index (χ2n) is 5.61. The Bertz CT molecular complexity index is 572. The molecule has 0 saturated carbocycles. The van der Waals surface area contributed by atoms with Gasteiger partial charge in [0.1, 0.15) is 17.5 Å². The summed E-state index contributed by atoms with van der Waals surface area (Å²) in [6, 6.07) is 4.95. The zero-order valence-electron chi connectivity index (χ0n) is 13.6. The maximum Gasteiger partial charge on any atom is 0.326 e. The monoisotopic (exact) mass is 321 g/mol. The number of nitrogens with zero attached hydrogens (tertiary/aromatic N) is 1. The largest absolute Gasteiger partial charge is 0.497 e. The summed E-state index contributed by atoms with van der Waals surface area (Å²) in [5.41, 5.74) is 1.01. The van der Waals surface area contributed by atoms with Crippen LogP contribution < -0.4 is 9.47 Å². The van der Waals surface area contributed by atoms with E-state index in [2.05, 4.69) is 0 Å². The zero-order valence-corrected chi connectivity index (χ0v) is 13.6. The molecule has 126 valence electrons. The van der Waals surface area contributed by atoms with Gasteiger partial charge < -0.3 is 19.5 Å². The van der Waals surface area contributed by atoms with Gasteiger partial charge in [0.05, 0.1) is 14.2 Å². The Balaban J connectivity index is 1.89. The van der Waals surface area contributed by atoms with Crippen molar-refractivity contribution < 1.29 is 24.2 Å². The van der Waals surface area contributed by atoms with Crippen molar-refractivity contribution in [2.24, 2.45) is 0 Å². The van der Waals surface area contributed by atoms with Gasteiger partial charge in [0.2, 0.25) is 5.91 Å². The van der Waals surface area contributed by atoms with Crippen LogP contribution in [-0.2, 0) is 16.0 Å². The minimum absolute atomic E-state index is 0.0811. The second-order valence-corrected chi connectivity index (χ2v) is 5.61. The van der Waals surface area contributed by atoms with Crippen molar-refractivity contribution in [3.8, 4) is 11.5 Å². The van der Waals surface area contributed by atoms with E-state index >= 15 is 0 Å². The summed E-state index contributed by atoms with van der Waals surface area (Å²) < 4.78 is 10.5. The first-order valence-corrected chi connectivity index (χ1v) is 7.80. The first-order valence-electron chi connectivity index (χ1n) is 7.80. The predicted molar refractivity (Wildman–Crippen MR) is 84.9 cm³/mol. The molecule has 0 bridgehead atoms. The molecular formula is C17H23NO5. The molecule has 0 aliphatic carbocycles. The normalized spacial score (nSPS) is 17.1. The van der Waals surface area contributed by atoms with E-state index < -0.39 is 12.0 Å². The summed E-state index contributed by atoms with van der Waals surface area (Å²) >= 11 is 0. The van der Waals surface area contributed by atoms with Gasteiger partial charge in [0.15, 0.2) is 0 Å². The van der Waals surface area contributed by atoms with Crippen molar-refractivity contribution in [2.45, 2.75) is 38.1 Å². The number of carbonyl (C=O) groups excluding carboxylic acids is 1. The van der Waals surface area contributed by atoms with Gasteiger partial charge in [-0.3, -0.25) is 4.79 Å².